The van der Waals surface area contributed by atoms with Gasteiger partial charge >= 0.3 is 39.5 Å². The molecule has 0 aliphatic heterocycles. The van der Waals surface area contributed by atoms with Crippen LogP contribution in [0.15, 0.2) is 0 Å². The monoisotopic (exact) mass is 1400 g/mol. The highest BCUT2D eigenvalue weighted by molar-refractivity contribution is 7.47. The molecule has 0 aromatic heterocycles. The number of hydrogen-bond donors (Lipinski definition) is 3. The second-order valence-electron chi connectivity index (χ2n) is 27.4. The summed E-state index contributed by atoms with van der Waals surface area (Å²) in [5.41, 5.74) is 0. The lowest BCUT2D eigenvalue weighted by atomic mass is 10.0. The summed E-state index contributed by atoms with van der Waals surface area (Å²) in [4.78, 5) is 72.8. The SMILES string of the molecule is CCCCCCCCCCCCCCCCCCCC(=O)O[C@H](COC(=O)CCCCCCCCCCCCCCCCC)COP(=O)(O)OCC(O)COP(=O)(O)OC[C@@H](COC(=O)CCCCCCCCCCCCC)OC(=O)CCCCCCCCCCCCCC. The van der Waals surface area contributed by atoms with E-state index in [1.165, 1.54) is 238 Å². The molecule has 0 rings (SSSR count). The summed E-state index contributed by atoms with van der Waals surface area (Å²) in [6, 6.07) is 0. The van der Waals surface area contributed by atoms with E-state index in [1.54, 1.807) is 0 Å². The topological polar surface area (TPSA) is 237 Å². The highest BCUT2D eigenvalue weighted by Gasteiger charge is 2.30. The number of carbonyl (C=O) groups excluding carboxylic acids is 4. The summed E-state index contributed by atoms with van der Waals surface area (Å²) in [6.07, 6.45) is 60.8. The van der Waals surface area contributed by atoms with Crippen molar-refractivity contribution in [2.24, 2.45) is 0 Å². The minimum atomic E-state index is -4.96. The molecule has 0 amide bonds. The number of phosphoric acid groups is 2. The number of esters is 4. The maximum absolute atomic E-state index is 13.1. The molecule has 0 saturated carbocycles. The highest BCUT2D eigenvalue weighted by atomic mass is 31.2. The fraction of sp³-hybridized carbons (Fsp3) is 0.947. The summed E-state index contributed by atoms with van der Waals surface area (Å²) >= 11 is 0. The number of rotatable bonds is 77. The van der Waals surface area contributed by atoms with Gasteiger partial charge in [0.2, 0.25) is 0 Å². The molecule has 0 radical (unpaired) electrons. The molecule has 0 bridgehead atoms. The van der Waals surface area contributed by atoms with Gasteiger partial charge in [0.1, 0.15) is 19.3 Å². The number of carbonyl (C=O) groups is 4. The van der Waals surface area contributed by atoms with Crippen molar-refractivity contribution in [3.63, 3.8) is 0 Å². The minimum Gasteiger partial charge on any atom is -0.462 e. The van der Waals surface area contributed by atoms with E-state index in [1.807, 2.05) is 0 Å². The van der Waals surface area contributed by atoms with Crippen LogP contribution in [0.25, 0.3) is 0 Å². The molecule has 19 heteroatoms. The molecule has 3 N–H and O–H groups in total. The van der Waals surface area contributed by atoms with Crippen LogP contribution < -0.4 is 0 Å². The second-order valence-corrected chi connectivity index (χ2v) is 30.3. The Hall–Kier alpha value is -1.94. The Morgan fingerprint density at radius 2 is 0.421 bits per heavy atom. The average Bonchev–Trinajstić information content (AvgIpc) is 3.29. The van der Waals surface area contributed by atoms with E-state index in [9.17, 15) is 43.2 Å². The molecule has 0 aromatic carbocycles. The van der Waals surface area contributed by atoms with E-state index < -0.39 is 97.5 Å². The number of phosphoric ester groups is 2. The molecule has 0 heterocycles. The summed E-state index contributed by atoms with van der Waals surface area (Å²) < 4.78 is 68.5. The van der Waals surface area contributed by atoms with Crippen molar-refractivity contribution in [1.82, 2.24) is 0 Å². The first-order chi connectivity index (χ1) is 46.2. The predicted molar refractivity (Wildman–Crippen MR) is 386 cm³/mol. The molecular weight excluding hydrogens is 1250 g/mol. The molecule has 0 aliphatic rings. The number of aliphatic hydroxyl groups excluding tert-OH is 1. The van der Waals surface area contributed by atoms with Crippen LogP contribution in [0.3, 0.4) is 0 Å². The van der Waals surface area contributed by atoms with Gasteiger partial charge in [-0.25, -0.2) is 9.13 Å². The van der Waals surface area contributed by atoms with Gasteiger partial charge in [-0.05, 0) is 25.7 Å². The van der Waals surface area contributed by atoms with Crippen LogP contribution in [0, 0.1) is 0 Å². The third-order valence-electron chi connectivity index (χ3n) is 17.9. The molecule has 5 atom stereocenters. The number of ether oxygens (including phenoxy) is 4. The van der Waals surface area contributed by atoms with Gasteiger partial charge in [-0.2, -0.15) is 0 Å². The van der Waals surface area contributed by atoms with Gasteiger partial charge in [-0.15, -0.1) is 0 Å². The molecule has 564 valence electrons. The molecule has 17 nitrogen and oxygen atoms in total. The van der Waals surface area contributed by atoms with Crippen LogP contribution in [0.4, 0.5) is 0 Å². The van der Waals surface area contributed by atoms with Crippen LogP contribution in [0.2, 0.25) is 0 Å². The quantitative estimate of drug-likeness (QED) is 0.0222. The van der Waals surface area contributed by atoms with Crippen molar-refractivity contribution in [2.75, 3.05) is 39.6 Å². The van der Waals surface area contributed by atoms with Crippen molar-refractivity contribution < 1.29 is 80.2 Å². The fourth-order valence-corrected chi connectivity index (χ4v) is 13.3. The van der Waals surface area contributed by atoms with Crippen LogP contribution >= 0.6 is 15.6 Å². The van der Waals surface area contributed by atoms with Crippen LogP contribution in [0.1, 0.15) is 407 Å². The molecule has 0 aliphatic carbocycles. The molecule has 0 fully saturated rings. The van der Waals surface area contributed by atoms with Crippen molar-refractivity contribution in [1.29, 1.82) is 0 Å². The summed E-state index contributed by atoms with van der Waals surface area (Å²) in [7, 11) is -9.91. The molecule has 0 aromatic rings. The van der Waals surface area contributed by atoms with Crippen molar-refractivity contribution in [3.8, 4) is 0 Å². The highest BCUT2D eigenvalue weighted by Crippen LogP contribution is 2.45. The first kappa shape index (κ1) is 93.1. The van der Waals surface area contributed by atoms with Gasteiger partial charge < -0.3 is 33.8 Å². The van der Waals surface area contributed by atoms with Gasteiger partial charge in [0, 0.05) is 25.7 Å². The maximum Gasteiger partial charge on any atom is 0.472 e. The van der Waals surface area contributed by atoms with Gasteiger partial charge in [-0.1, -0.05) is 355 Å². The zero-order valence-electron chi connectivity index (χ0n) is 61.6. The van der Waals surface area contributed by atoms with E-state index in [4.69, 9.17) is 37.0 Å². The van der Waals surface area contributed by atoms with Crippen LogP contribution in [-0.4, -0.2) is 96.7 Å². The van der Waals surface area contributed by atoms with E-state index in [0.717, 1.165) is 89.9 Å². The normalized spacial score (nSPS) is 13.9. The Morgan fingerprint density at radius 1 is 0.253 bits per heavy atom. The lowest BCUT2D eigenvalue weighted by Crippen LogP contribution is -2.30. The number of hydrogen-bond acceptors (Lipinski definition) is 15. The van der Waals surface area contributed by atoms with Crippen LogP contribution in [0.5, 0.6) is 0 Å². The smallest absolute Gasteiger partial charge is 0.462 e. The van der Waals surface area contributed by atoms with Crippen LogP contribution in [-0.2, 0) is 65.4 Å². The molecular formula is C76H148O17P2. The average molecular weight is 1400 g/mol. The standard InChI is InChI=1S/C76H148O17P2/c1-5-9-13-17-21-25-29-32-34-35-37-39-43-47-51-55-59-63-76(81)93-72(67-87-74(79)61-57-53-49-45-42-38-36-33-30-26-22-18-14-10-6-2)69-91-95(84,85)89-65-70(77)64-88-94(82,83)90-68-71(66-86-73(78)60-56-52-48-44-40-28-24-20-16-12-8-4)92-75(80)62-58-54-50-46-41-31-27-23-19-15-11-7-3/h70-72,77H,5-69H2,1-4H3,(H,82,83)(H,84,85)/t70?,71-,72-/m1/s1. The van der Waals surface area contributed by atoms with E-state index in [2.05, 4.69) is 27.7 Å². The summed E-state index contributed by atoms with van der Waals surface area (Å²) in [5, 5.41) is 10.6. The zero-order chi connectivity index (χ0) is 69.7. The van der Waals surface area contributed by atoms with E-state index in [-0.39, 0.29) is 25.7 Å². The summed E-state index contributed by atoms with van der Waals surface area (Å²) in [6.45, 7) is 5.00. The zero-order valence-corrected chi connectivity index (χ0v) is 63.4. The third-order valence-corrected chi connectivity index (χ3v) is 19.8. The number of aliphatic hydroxyl groups is 1. The van der Waals surface area contributed by atoms with Gasteiger partial charge in [0.15, 0.2) is 12.2 Å². The Balaban J connectivity index is 5.24. The predicted octanol–water partition coefficient (Wildman–Crippen LogP) is 22.6. The first-order valence-corrected chi connectivity index (χ1v) is 42.8. The van der Waals surface area contributed by atoms with E-state index >= 15 is 0 Å². The first-order valence-electron chi connectivity index (χ1n) is 39.8. The van der Waals surface area contributed by atoms with Gasteiger partial charge in [0.05, 0.1) is 26.4 Å². The number of unbranched alkanes of at least 4 members (excludes halogenated alkanes) is 51. The lowest BCUT2D eigenvalue weighted by molar-refractivity contribution is -0.161. The molecule has 95 heavy (non-hydrogen) atoms. The summed E-state index contributed by atoms with van der Waals surface area (Å²) in [5.74, 6) is -2.11. The van der Waals surface area contributed by atoms with Crippen molar-refractivity contribution >= 4 is 39.5 Å². The Labute approximate surface area is 581 Å². The Morgan fingerprint density at radius 3 is 0.621 bits per heavy atom. The molecule has 0 spiro atoms. The molecule has 3 unspecified atom stereocenters. The third kappa shape index (κ3) is 70.3. The minimum absolute atomic E-state index is 0.108. The van der Waals surface area contributed by atoms with Gasteiger partial charge in [0.25, 0.3) is 0 Å². The van der Waals surface area contributed by atoms with E-state index in [0.29, 0.717) is 25.7 Å². The maximum atomic E-state index is 13.1. The molecule has 0 saturated heterocycles. The Kier molecular flexibility index (Phi) is 69.1. The van der Waals surface area contributed by atoms with Crippen molar-refractivity contribution in [2.45, 2.75) is 425 Å². The Bertz CT molecular complexity index is 1810. The van der Waals surface area contributed by atoms with Crippen molar-refractivity contribution in [3.05, 3.63) is 0 Å². The second kappa shape index (κ2) is 70.5. The largest absolute Gasteiger partial charge is 0.472 e. The fourth-order valence-electron chi connectivity index (χ4n) is 11.8. The van der Waals surface area contributed by atoms with Gasteiger partial charge in [-0.3, -0.25) is 37.3 Å². The lowest BCUT2D eigenvalue weighted by Gasteiger charge is -2.21.